The van der Waals surface area contributed by atoms with Crippen molar-refractivity contribution in [2.24, 2.45) is 0 Å². The molecule has 0 aliphatic carbocycles. The first kappa shape index (κ1) is 12.9. The molecule has 1 N–H and O–H groups in total. The zero-order valence-electron chi connectivity index (χ0n) is 11.0. The summed E-state index contributed by atoms with van der Waals surface area (Å²) in [6, 6.07) is 7.38. The van der Waals surface area contributed by atoms with Gasteiger partial charge in [-0.05, 0) is 38.1 Å². The third-order valence-electron chi connectivity index (χ3n) is 2.88. The van der Waals surface area contributed by atoms with Gasteiger partial charge in [0.15, 0.2) is 0 Å². The van der Waals surface area contributed by atoms with E-state index < -0.39 is 0 Å². The van der Waals surface area contributed by atoms with Gasteiger partial charge in [0.25, 0.3) is 5.91 Å². The second kappa shape index (κ2) is 5.87. The van der Waals surface area contributed by atoms with Crippen molar-refractivity contribution in [1.29, 1.82) is 0 Å². The Morgan fingerprint density at radius 1 is 1.22 bits per heavy atom. The van der Waals surface area contributed by atoms with E-state index >= 15 is 0 Å². The van der Waals surface area contributed by atoms with Crippen LogP contribution in [0, 0.1) is 0 Å². The van der Waals surface area contributed by atoms with Crippen molar-refractivity contribution >= 4 is 5.91 Å². The van der Waals surface area contributed by atoms with Gasteiger partial charge in [0.1, 0.15) is 5.75 Å². The zero-order chi connectivity index (χ0) is 13.0. The molecule has 1 aromatic rings. The van der Waals surface area contributed by atoms with Crippen LogP contribution in [-0.2, 0) is 0 Å². The van der Waals surface area contributed by atoms with Crippen LogP contribution in [0.25, 0.3) is 0 Å². The molecule has 18 heavy (non-hydrogen) atoms. The van der Waals surface area contributed by atoms with Gasteiger partial charge in [-0.25, -0.2) is 0 Å². The Labute approximate surface area is 108 Å². The van der Waals surface area contributed by atoms with Crippen molar-refractivity contribution in [3.63, 3.8) is 0 Å². The van der Waals surface area contributed by atoms with Crippen LogP contribution in [0.1, 0.15) is 24.2 Å². The molecule has 0 aromatic heterocycles. The van der Waals surface area contributed by atoms with Crippen LogP contribution in [-0.4, -0.2) is 43.1 Å². The predicted octanol–water partition coefficient (Wildman–Crippen LogP) is 1.52. The molecular weight excluding hydrogens is 228 g/mol. The van der Waals surface area contributed by atoms with E-state index in [0.29, 0.717) is 0 Å². The molecule has 1 aliphatic heterocycles. The number of hydrogen-bond donors (Lipinski definition) is 1. The summed E-state index contributed by atoms with van der Waals surface area (Å²) in [5.41, 5.74) is 0.730. The monoisotopic (exact) mass is 248 g/mol. The largest absolute Gasteiger partial charge is 0.491 e. The standard InChI is InChI=1S/C14H20N2O2/c1-11(2)18-13-5-3-12(4-6-13)14(17)16-9-7-15-8-10-16/h3-6,11,15H,7-10H2,1-2H3. The normalized spacial score (nSPS) is 15.8. The van der Waals surface area contributed by atoms with Gasteiger partial charge in [-0.1, -0.05) is 0 Å². The third kappa shape index (κ3) is 3.23. The molecule has 2 rings (SSSR count). The summed E-state index contributed by atoms with van der Waals surface area (Å²) in [5.74, 6) is 0.912. The van der Waals surface area contributed by atoms with E-state index in [1.165, 1.54) is 0 Å². The maximum Gasteiger partial charge on any atom is 0.253 e. The van der Waals surface area contributed by atoms with E-state index in [1.54, 1.807) is 0 Å². The highest BCUT2D eigenvalue weighted by Crippen LogP contribution is 2.15. The van der Waals surface area contributed by atoms with Crippen molar-refractivity contribution in [2.75, 3.05) is 26.2 Å². The number of nitrogens with zero attached hydrogens (tertiary/aromatic N) is 1. The minimum atomic E-state index is 0.104. The van der Waals surface area contributed by atoms with Crippen LogP contribution in [0.5, 0.6) is 5.75 Å². The maximum absolute atomic E-state index is 12.2. The van der Waals surface area contributed by atoms with Gasteiger partial charge in [-0.2, -0.15) is 0 Å². The van der Waals surface area contributed by atoms with E-state index in [2.05, 4.69) is 5.32 Å². The second-order valence-corrected chi connectivity index (χ2v) is 4.73. The predicted molar refractivity (Wildman–Crippen MR) is 71.0 cm³/mol. The lowest BCUT2D eigenvalue weighted by Gasteiger charge is -2.27. The fraction of sp³-hybridized carbons (Fsp3) is 0.500. The average molecular weight is 248 g/mol. The Bertz CT molecular complexity index is 395. The van der Waals surface area contributed by atoms with Crippen molar-refractivity contribution in [1.82, 2.24) is 10.2 Å². The molecule has 0 bridgehead atoms. The molecule has 0 spiro atoms. The summed E-state index contributed by atoms with van der Waals surface area (Å²) in [4.78, 5) is 14.1. The number of rotatable bonds is 3. The lowest BCUT2D eigenvalue weighted by Crippen LogP contribution is -2.46. The van der Waals surface area contributed by atoms with E-state index in [9.17, 15) is 4.79 Å². The van der Waals surface area contributed by atoms with Gasteiger partial charge in [0.2, 0.25) is 0 Å². The summed E-state index contributed by atoms with van der Waals surface area (Å²) in [6.07, 6.45) is 0.153. The molecule has 0 saturated carbocycles. The molecule has 98 valence electrons. The first-order valence-electron chi connectivity index (χ1n) is 6.43. The molecule has 1 saturated heterocycles. The highest BCUT2D eigenvalue weighted by Gasteiger charge is 2.17. The summed E-state index contributed by atoms with van der Waals surface area (Å²) >= 11 is 0. The number of piperazine rings is 1. The second-order valence-electron chi connectivity index (χ2n) is 4.73. The first-order valence-corrected chi connectivity index (χ1v) is 6.43. The Kier molecular flexibility index (Phi) is 4.20. The van der Waals surface area contributed by atoms with Gasteiger partial charge in [-0.15, -0.1) is 0 Å². The van der Waals surface area contributed by atoms with Crippen molar-refractivity contribution in [2.45, 2.75) is 20.0 Å². The number of carbonyl (C=O) groups is 1. The summed E-state index contributed by atoms with van der Waals surface area (Å²) in [7, 11) is 0. The fourth-order valence-corrected chi connectivity index (χ4v) is 2.00. The van der Waals surface area contributed by atoms with Crippen molar-refractivity contribution < 1.29 is 9.53 Å². The molecule has 4 nitrogen and oxygen atoms in total. The average Bonchev–Trinajstić information content (AvgIpc) is 2.39. The highest BCUT2D eigenvalue weighted by molar-refractivity contribution is 5.94. The van der Waals surface area contributed by atoms with Crippen LogP contribution in [0.4, 0.5) is 0 Å². The lowest BCUT2D eigenvalue weighted by molar-refractivity contribution is 0.0736. The summed E-state index contributed by atoms with van der Waals surface area (Å²) in [6.45, 7) is 7.28. The van der Waals surface area contributed by atoms with Crippen molar-refractivity contribution in [3.8, 4) is 5.75 Å². The van der Waals surface area contributed by atoms with Gasteiger partial charge < -0.3 is 15.0 Å². The quantitative estimate of drug-likeness (QED) is 0.881. The minimum absolute atomic E-state index is 0.104. The molecule has 1 heterocycles. The zero-order valence-corrected chi connectivity index (χ0v) is 11.0. The summed E-state index contributed by atoms with van der Waals surface area (Å²) in [5, 5.41) is 3.24. The first-order chi connectivity index (χ1) is 8.66. The minimum Gasteiger partial charge on any atom is -0.491 e. The number of amides is 1. The molecular formula is C14H20N2O2. The Balaban J connectivity index is 2.02. The van der Waals surface area contributed by atoms with E-state index in [0.717, 1.165) is 37.5 Å². The molecule has 0 radical (unpaired) electrons. The Hall–Kier alpha value is -1.55. The summed E-state index contributed by atoms with van der Waals surface area (Å²) < 4.78 is 5.56. The fourth-order valence-electron chi connectivity index (χ4n) is 2.00. The SMILES string of the molecule is CC(C)Oc1ccc(C(=O)N2CCNCC2)cc1. The number of benzene rings is 1. The van der Waals surface area contributed by atoms with Gasteiger partial charge >= 0.3 is 0 Å². The van der Waals surface area contributed by atoms with E-state index in [1.807, 2.05) is 43.0 Å². The molecule has 1 fully saturated rings. The Morgan fingerprint density at radius 3 is 2.39 bits per heavy atom. The molecule has 0 atom stereocenters. The molecule has 0 unspecified atom stereocenters. The van der Waals surface area contributed by atoms with Crippen molar-refractivity contribution in [3.05, 3.63) is 29.8 Å². The van der Waals surface area contributed by atoms with Crippen LogP contribution in [0.3, 0.4) is 0 Å². The number of hydrogen-bond acceptors (Lipinski definition) is 3. The molecule has 1 amide bonds. The number of ether oxygens (including phenoxy) is 1. The molecule has 1 aliphatic rings. The smallest absolute Gasteiger partial charge is 0.253 e. The van der Waals surface area contributed by atoms with Gasteiger partial charge in [0.05, 0.1) is 6.10 Å². The lowest BCUT2D eigenvalue weighted by atomic mass is 10.2. The van der Waals surface area contributed by atoms with E-state index in [4.69, 9.17) is 4.74 Å². The number of nitrogens with one attached hydrogen (secondary N) is 1. The topological polar surface area (TPSA) is 41.6 Å². The van der Waals surface area contributed by atoms with Gasteiger partial charge in [0, 0.05) is 31.7 Å². The van der Waals surface area contributed by atoms with E-state index in [-0.39, 0.29) is 12.0 Å². The van der Waals surface area contributed by atoms with Crippen LogP contribution >= 0.6 is 0 Å². The molecule has 1 aromatic carbocycles. The molecule has 4 heteroatoms. The third-order valence-corrected chi connectivity index (χ3v) is 2.88. The van der Waals surface area contributed by atoms with Crippen LogP contribution in [0.15, 0.2) is 24.3 Å². The highest BCUT2D eigenvalue weighted by atomic mass is 16.5. The Morgan fingerprint density at radius 2 is 1.83 bits per heavy atom. The maximum atomic E-state index is 12.2. The number of carbonyl (C=O) groups excluding carboxylic acids is 1. The van der Waals surface area contributed by atoms with Gasteiger partial charge in [-0.3, -0.25) is 4.79 Å². The van der Waals surface area contributed by atoms with Crippen LogP contribution in [0.2, 0.25) is 0 Å². The van der Waals surface area contributed by atoms with Crippen LogP contribution < -0.4 is 10.1 Å².